The van der Waals surface area contributed by atoms with E-state index in [-0.39, 0.29) is 5.91 Å². The molecule has 63 valence electrons. The number of carbonyl (C=O) groups excluding carboxylic acids is 1. The quantitative estimate of drug-likeness (QED) is 0.644. The number of rotatable bonds is 2. The van der Waals surface area contributed by atoms with Gasteiger partial charge in [0.15, 0.2) is 0 Å². The van der Waals surface area contributed by atoms with Crippen molar-refractivity contribution in [2.75, 3.05) is 0 Å². The van der Waals surface area contributed by atoms with Gasteiger partial charge in [-0.1, -0.05) is 26.2 Å². The summed E-state index contributed by atoms with van der Waals surface area (Å²) in [6, 6.07) is 0.451. The first-order valence-electron chi connectivity index (χ1n) is 4.43. The van der Waals surface area contributed by atoms with Crippen LogP contribution in [0.15, 0.2) is 0 Å². The lowest BCUT2D eigenvalue weighted by atomic mass is 9.95. The molecule has 0 unspecified atom stereocenters. The Bertz CT molecular complexity index is 128. The van der Waals surface area contributed by atoms with Gasteiger partial charge >= 0.3 is 0 Å². The van der Waals surface area contributed by atoms with Crippen molar-refractivity contribution in [2.45, 2.75) is 45.1 Å². The second-order valence-electron chi connectivity index (χ2n) is 3.13. The standard InChI is InChI=1S/C9H16NO/c1-2-9(11)10-8-6-4-3-5-7-8/h2,8H,3-7H2,1H3,(H,10,11). The van der Waals surface area contributed by atoms with Gasteiger partial charge in [-0.15, -0.1) is 0 Å². The molecule has 2 nitrogen and oxygen atoms in total. The van der Waals surface area contributed by atoms with Gasteiger partial charge in [0.25, 0.3) is 0 Å². The summed E-state index contributed by atoms with van der Waals surface area (Å²) < 4.78 is 0. The molecule has 0 aliphatic heterocycles. The lowest BCUT2D eigenvalue weighted by Gasteiger charge is -2.22. The van der Waals surface area contributed by atoms with Gasteiger partial charge in [-0.25, -0.2) is 0 Å². The van der Waals surface area contributed by atoms with Crippen LogP contribution in [0.3, 0.4) is 0 Å². The fourth-order valence-electron chi connectivity index (χ4n) is 1.53. The van der Waals surface area contributed by atoms with Gasteiger partial charge in [0.1, 0.15) is 0 Å². The number of carbonyl (C=O) groups is 1. The average molecular weight is 154 g/mol. The largest absolute Gasteiger partial charge is 0.353 e. The Morgan fingerprint density at radius 1 is 1.36 bits per heavy atom. The molecule has 0 saturated heterocycles. The molecule has 1 N–H and O–H groups in total. The van der Waals surface area contributed by atoms with E-state index in [9.17, 15) is 4.79 Å². The van der Waals surface area contributed by atoms with Crippen LogP contribution >= 0.6 is 0 Å². The van der Waals surface area contributed by atoms with Gasteiger partial charge in [0.05, 0.1) is 0 Å². The molecule has 1 radical (unpaired) electrons. The van der Waals surface area contributed by atoms with Crippen LogP contribution in [0.2, 0.25) is 0 Å². The predicted molar refractivity (Wildman–Crippen MR) is 45.0 cm³/mol. The summed E-state index contributed by atoms with van der Waals surface area (Å²) in [4.78, 5) is 10.9. The van der Waals surface area contributed by atoms with E-state index >= 15 is 0 Å². The van der Waals surface area contributed by atoms with Gasteiger partial charge in [0.2, 0.25) is 5.91 Å². The number of amides is 1. The third-order valence-electron chi connectivity index (χ3n) is 2.21. The fraction of sp³-hybridized carbons (Fsp3) is 0.778. The molecule has 1 aliphatic rings. The Labute approximate surface area is 68.4 Å². The van der Waals surface area contributed by atoms with E-state index in [1.807, 2.05) is 0 Å². The zero-order chi connectivity index (χ0) is 8.10. The van der Waals surface area contributed by atoms with E-state index in [1.54, 1.807) is 13.3 Å². The monoisotopic (exact) mass is 154 g/mol. The third-order valence-corrected chi connectivity index (χ3v) is 2.21. The molecule has 1 aliphatic carbocycles. The average Bonchev–Trinajstić information content (AvgIpc) is 2.06. The maximum atomic E-state index is 10.9. The van der Waals surface area contributed by atoms with Crippen molar-refractivity contribution in [3.05, 3.63) is 6.42 Å². The van der Waals surface area contributed by atoms with Crippen LogP contribution in [-0.2, 0) is 4.79 Å². The first-order chi connectivity index (χ1) is 5.33. The summed E-state index contributed by atoms with van der Waals surface area (Å²) in [5.41, 5.74) is 0. The molecular formula is C9H16NO. The Balaban J connectivity index is 2.19. The summed E-state index contributed by atoms with van der Waals surface area (Å²) in [6.45, 7) is 1.78. The van der Waals surface area contributed by atoms with Crippen molar-refractivity contribution >= 4 is 5.91 Å². The molecule has 0 atom stereocenters. The minimum absolute atomic E-state index is 0.0805. The summed E-state index contributed by atoms with van der Waals surface area (Å²) in [5.74, 6) is 0.0805. The summed E-state index contributed by atoms with van der Waals surface area (Å²) in [7, 11) is 0. The topological polar surface area (TPSA) is 29.1 Å². The molecular weight excluding hydrogens is 138 g/mol. The number of nitrogens with one attached hydrogen (secondary N) is 1. The van der Waals surface area contributed by atoms with Crippen molar-refractivity contribution < 1.29 is 4.79 Å². The second-order valence-corrected chi connectivity index (χ2v) is 3.13. The van der Waals surface area contributed by atoms with Crippen LogP contribution < -0.4 is 5.32 Å². The Morgan fingerprint density at radius 2 is 2.00 bits per heavy atom. The van der Waals surface area contributed by atoms with E-state index in [4.69, 9.17) is 0 Å². The van der Waals surface area contributed by atoms with Gasteiger partial charge in [-0.3, -0.25) is 4.79 Å². The SMILES string of the molecule is C[CH]C(=O)NC1CCCCC1. The first kappa shape index (κ1) is 8.57. The highest BCUT2D eigenvalue weighted by Crippen LogP contribution is 2.17. The zero-order valence-electron chi connectivity index (χ0n) is 7.10. The highest BCUT2D eigenvalue weighted by molar-refractivity contribution is 5.84. The second kappa shape index (κ2) is 4.37. The summed E-state index contributed by atoms with van der Waals surface area (Å²) in [6.07, 6.45) is 7.80. The van der Waals surface area contributed by atoms with Gasteiger partial charge < -0.3 is 5.32 Å². The molecule has 1 fully saturated rings. The Morgan fingerprint density at radius 3 is 2.55 bits per heavy atom. The van der Waals surface area contributed by atoms with Gasteiger partial charge in [-0.2, -0.15) is 0 Å². The van der Waals surface area contributed by atoms with E-state index in [0.717, 1.165) is 0 Å². The smallest absolute Gasteiger partial charge is 0.223 e. The van der Waals surface area contributed by atoms with E-state index < -0.39 is 0 Å². The number of hydrogen-bond acceptors (Lipinski definition) is 1. The van der Waals surface area contributed by atoms with Crippen LogP contribution in [0.4, 0.5) is 0 Å². The van der Waals surface area contributed by atoms with E-state index in [0.29, 0.717) is 6.04 Å². The molecule has 0 bridgehead atoms. The molecule has 2 heteroatoms. The van der Waals surface area contributed by atoms with Crippen molar-refractivity contribution in [2.24, 2.45) is 0 Å². The van der Waals surface area contributed by atoms with Crippen molar-refractivity contribution in [1.29, 1.82) is 0 Å². The normalized spacial score (nSPS) is 19.7. The van der Waals surface area contributed by atoms with Crippen molar-refractivity contribution in [3.63, 3.8) is 0 Å². The molecule has 0 spiro atoms. The maximum Gasteiger partial charge on any atom is 0.223 e. The highest BCUT2D eigenvalue weighted by Gasteiger charge is 2.14. The lowest BCUT2D eigenvalue weighted by Crippen LogP contribution is -2.35. The molecule has 0 aromatic heterocycles. The Hall–Kier alpha value is -0.530. The summed E-state index contributed by atoms with van der Waals surface area (Å²) in [5, 5.41) is 2.97. The minimum Gasteiger partial charge on any atom is -0.353 e. The van der Waals surface area contributed by atoms with Crippen LogP contribution in [0.5, 0.6) is 0 Å². The van der Waals surface area contributed by atoms with Crippen LogP contribution in [0.1, 0.15) is 39.0 Å². The highest BCUT2D eigenvalue weighted by atomic mass is 16.1. The molecule has 11 heavy (non-hydrogen) atoms. The van der Waals surface area contributed by atoms with E-state index in [2.05, 4.69) is 5.32 Å². The van der Waals surface area contributed by atoms with Crippen LogP contribution in [0, 0.1) is 6.42 Å². The molecule has 0 aromatic rings. The molecule has 1 saturated carbocycles. The zero-order valence-corrected chi connectivity index (χ0v) is 7.10. The van der Waals surface area contributed by atoms with E-state index in [1.165, 1.54) is 32.1 Å². The van der Waals surface area contributed by atoms with Gasteiger partial charge in [-0.05, 0) is 12.8 Å². The third kappa shape index (κ3) is 2.91. The summed E-state index contributed by atoms with van der Waals surface area (Å²) >= 11 is 0. The molecule has 1 amide bonds. The van der Waals surface area contributed by atoms with Crippen LogP contribution in [0.25, 0.3) is 0 Å². The maximum absolute atomic E-state index is 10.9. The first-order valence-corrected chi connectivity index (χ1v) is 4.43. The molecule has 1 rings (SSSR count). The van der Waals surface area contributed by atoms with Crippen molar-refractivity contribution in [1.82, 2.24) is 5.32 Å². The van der Waals surface area contributed by atoms with Gasteiger partial charge in [0, 0.05) is 12.5 Å². The Kier molecular flexibility index (Phi) is 3.40. The van der Waals surface area contributed by atoms with Crippen molar-refractivity contribution in [3.8, 4) is 0 Å². The number of hydrogen-bond donors (Lipinski definition) is 1. The molecule has 0 heterocycles. The predicted octanol–water partition coefficient (Wildman–Crippen LogP) is 1.66. The van der Waals surface area contributed by atoms with Crippen LogP contribution in [-0.4, -0.2) is 11.9 Å². The minimum atomic E-state index is 0.0805. The lowest BCUT2D eigenvalue weighted by molar-refractivity contribution is -0.118. The molecule has 0 aromatic carbocycles. The fourth-order valence-corrected chi connectivity index (χ4v) is 1.53.